The highest BCUT2D eigenvalue weighted by atomic mass is 79.9. The van der Waals surface area contributed by atoms with Crippen molar-refractivity contribution in [2.45, 2.75) is 11.8 Å². The third-order valence-corrected chi connectivity index (χ3v) is 3.93. The van der Waals surface area contributed by atoms with Gasteiger partial charge in [-0.25, -0.2) is 13.1 Å². The van der Waals surface area contributed by atoms with Gasteiger partial charge in [-0.05, 0) is 13.0 Å². The number of sulfonamides is 1. The first-order valence-corrected chi connectivity index (χ1v) is 7.29. The molecule has 0 bridgehead atoms. The molecule has 1 rings (SSSR count). The molecule has 0 radical (unpaired) electrons. The van der Waals surface area contributed by atoms with E-state index in [4.69, 9.17) is 0 Å². The molecule has 94 valence electrons. The molecule has 0 spiro atoms. The van der Waals surface area contributed by atoms with Gasteiger partial charge >= 0.3 is 0 Å². The molecule has 17 heavy (non-hydrogen) atoms. The molecule has 0 heterocycles. The molecule has 1 aromatic rings. The number of rotatable bonds is 5. The van der Waals surface area contributed by atoms with Crippen LogP contribution in [0.4, 0.5) is 5.69 Å². The number of benzene rings is 1. The van der Waals surface area contributed by atoms with Gasteiger partial charge in [0.1, 0.15) is 0 Å². The fourth-order valence-electron chi connectivity index (χ4n) is 1.21. The van der Waals surface area contributed by atoms with E-state index in [-0.39, 0.29) is 17.1 Å². The Labute approximate surface area is 107 Å². The number of alkyl halides is 1. The summed E-state index contributed by atoms with van der Waals surface area (Å²) in [5.74, 6) is 0. The molecule has 0 aliphatic rings. The molecule has 0 saturated heterocycles. The molecule has 0 saturated carbocycles. The van der Waals surface area contributed by atoms with E-state index in [2.05, 4.69) is 20.7 Å². The Morgan fingerprint density at radius 2 is 2.12 bits per heavy atom. The van der Waals surface area contributed by atoms with Gasteiger partial charge in [0.2, 0.25) is 10.0 Å². The Bertz CT molecular complexity index is 530. The first kappa shape index (κ1) is 14.1. The van der Waals surface area contributed by atoms with Crippen LogP contribution < -0.4 is 4.72 Å². The molecular formula is C9H11BrN2O4S. The first-order valence-electron chi connectivity index (χ1n) is 4.69. The van der Waals surface area contributed by atoms with Gasteiger partial charge in [0, 0.05) is 23.5 Å². The Balaban J connectivity index is 3.16. The van der Waals surface area contributed by atoms with Crippen LogP contribution in [0.5, 0.6) is 0 Å². The van der Waals surface area contributed by atoms with Crippen LogP contribution >= 0.6 is 15.9 Å². The minimum Gasteiger partial charge on any atom is -0.258 e. The van der Waals surface area contributed by atoms with Crippen molar-refractivity contribution >= 4 is 31.6 Å². The van der Waals surface area contributed by atoms with Crippen LogP contribution in [-0.4, -0.2) is 25.2 Å². The zero-order chi connectivity index (χ0) is 13.1. The Morgan fingerprint density at radius 3 is 2.65 bits per heavy atom. The van der Waals surface area contributed by atoms with Crippen molar-refractivity contribution in [3.63, 3.8) is 0 Å². The number of nitrogens with one attached hydrogen (secondary N) is 1. The molecule has 0 atom stereocenters. The fourth-order valence-corrected chi connectivity index (χ4v) is 2.72. The minimum atomic E-state index is -3.68. The smallest absolute Gasteiger partial charge is 0.258 e. The largest absolute Gasteiger partial charge is 0.273 e. The zero-order valence-corrected chi connectivity index (χ0v) is 11.4. The summed E-state index contributed by atoms with van der Waals surface area (Å²) in [6.45, 7) is 1.78. The normalized spacial score (nSPS) is 11.4. The molecule has 0 aliphatic heterocycles. The molecule has 0 fully saturated rings. The number of nitro groups is 1. The van der Waals surface area contributed by atoms with Gasteiger partial charge in [-0.1, -0.05) is 22.0 Å². The van der Waals surface area contributed by atoms with Crippen LogP contribution in [0, 0.1) is 17.0 Å². The van der Waals surface area contributed by atoms with Gasteiger partial charge in [-0.15, -0.1) is 0 Å². The molecule has 8 heteroatoms. The van der Waals surface area contributed by atoms with Crippen molar-refractivity contribution in [2.24, 2.45) is 0 Å². The van der Waals surface area contributed by atoms with E-state index >= 15 is 0 Å². The number of hydrogen-bond donors (Lipinski definition) is 1. The Hall–Kier alpha value is -0.990. The van der Waals surface area contributed by atoms with Crippen molar-refractivity contribution in [1.82, 2.24) is 4.72 Å². The minimum absolute atomic E-state index is 0.101. The second-order valence-electron chi connectivity index (χ2n) is 3.29. The van der Waals surface area contributed by atoms with Crippen molar-refractivity contribution in [1.29, 1.82) is 0 Å². The summed E-state index contributed by atoms with van der Waals surface area (Å²) in [5, 5.41) is 11.2. The lowest BCUT2D eigenvalue weighted by atomic mass is 10.2. The summed E-state index contributed by atoms with van der Waals surface area (Å²) in [4.78, 5) is 10.00. The van der Waals surface area contributed by atoms with E-state index in [9.17, 15) is 18.5 Å². The van der Waals surface area contributed by atoms with Gasteiger partial charge in [0.15, 0.2) is 0 Å². The van der Waals surface area contributed by atoms with Gasteiger partial charge in [0.05, 0.1) is 9.82 Å². The topological polar surface area (TPSA) is 89.3 Å². The van der Waals surface area contributed by atoms with Crippen molar-refractivity contribution < 1.29 is 13.3 Å². The molecule has 6 nitrogen and oxygen atoms in total. The van der Waals surface area contributed by atoms with Crippen molar-refractivity contribution in [2.75, 3.05) is 11.9 Å². The summed E-state index contributed by atoms with van der Waals surface area (Å²) in [6.07, 6.45) is 0. The highest BCUT2D eigenvalue weighted by molar-refractivity contribution is 9.09. The van der Waals surface area contributed by atoms with E-state index < -0.39 is 14.9 Å². The summed E-state index contributed by atoms with van der Waals surface area (Å²) >= 11 is 3.09. The molecule has 0 amide bonds. The Kier molecular flexibility index (Phi) is 4.61. The molecule has 1 aromatic carbocycles. The summed E-state index contributed by atoms with van der Waals surface area (Å²) in [6, 6.07) is 3.83. The maximum Gasteiger partial charge on any atom is 0.273 e. The van der Waals surface area contributed by atoms with Gasteiger partial charge in [-0.2, -0.15) is 0 Å². The first-order chi connectivity index (χ1) is 7.88. The quantitative estimate of drug-likeness (QED) is 0.506. The van der Waals surface area contributed by atoms with E-state index in [1.165, 1.54) is 12.1 Å². The van der Waals surface area contributed by atoms with Gasteiger partial charge < -0.3 is 0 Å². The highest BCUT2D eigenvalue weighted by Gasteiger charge is 2.18. The average Bonchev–Trinajstić information content (AvgIpc) is 2.26. The monoisotopic (exact) mass is 322 g/mol. The maximum atomic E-state index is 11.7. The maximum absolute atomic E-state index is 11.7. The van der Waals surface area contributed by atoms with Crippen LogP contribution in [0.25, 0.3) is 0 Å². The van der Waals surface area contributed by atoms with Crippen LogP contribution in [0.15, 0.2) is 23.1 Å². The highest BCUT2D eigenvalue weighted by Crippen LogP contribution is 2.21. The molecule has 0 unspecified atom stereocenters. The van der Waals surface area contributed by atoms with Crippen molar-refractivity contribution in [3.8, 4) is 0 Å². The van der Waals surface area contributed by atoms with E-state index in [1.54, 1.807) is 6.92 Å². The van der Waals surface area contributed by atoms with Crippen LogP contribution in [-0.2, 0) is 10.0 Å². The number of aryl methyl sites for hydroxylation is 1. The van der Waals surface area contributed by atoms with Crippen LogP contribution in [0.1, 0.15) is 5.56 Å². The van der Waals surface area contributed by atoms with Crippen LogP contribution in [0.3, 0.4) is 0 Å². The lowest BCUT2D eigenvalue weighted by Gasteiger charge is -2.05. The molecule has 1 N–H and O–H groups in total. The van der Waals surface area contributed by atoms with E-state index in [0.717, 1.165) is 6.07 Å². The lowest BCUT2D eigenvalue weighted by Crippen LogP contribution is -2.25. The predicted molar refractivity (Wildman–Crippen MR) is 66.8 cm³/mol. The lowest BCUT2D eigenvalue weighted by molar-refractivity contribution is -0.385. The third kappa shape index (κ3) is 3.48. The SMILES string of the molecule is Cc1ccc(S(=O)(=O)NCCBr)cc1[N+](=O)[O-]. The van der Waals surface area contributed by atoms with E-state index in [1.807, 2.05) is 0 Å². The molecule has 0 aromatic heterocycles. The second kappa shape index (κ2) is 5.56. The van der Waals surface area contributed by atoms with Gasteiger partial charge in [-0.3, -0.25) is 10.1 Å². The van der Waals surface area contributed by atoms with Crippen molar-refractivity contribution in [3.05, 3.63) is 33.9 Å². The number of nitrogens with zero attached hydrogens (tertiary/aromatic N) is 1. The summed E-state index contributed by atoms with van der Waals surface area (Å²) in [5.41, 5.74) is 0.223. The average molecular weight is 323 g/mol. The van der Waals surface area contributed by atoms with Crippen LogP contribution in [0.2, 0.25) is 0 Å². The molecule has 0 aliphatic carbocycles. The fraction of sp³-hybridized carbons (Fsp3) is 0.333. The number of halogens is 1. The zero-order valence-electron chi connectivity index (χ0n) is 9.01. The third-order valence-electron chi connectivity index (χ3n) is 2.07. The standard InChI is InChI=1S/C9H11BrN2O4S/c1-7-2-3-8(6-9(7)12(13)14)17(15,16)11-5-4-10/h2-3,6,11H,4-5H2,1H3. The number of nitro benzene ring substituents is 1. The predicted octanol–water partition coefficient (Wildman–Crippen LogP) is 1.58. The summed E-state index contributed by atoms with van der Waals surface area (Å²) in [7, 11) is -3.68. The number of hydrogen-bond acceptors (Lipinski definition) is 4. The van der Waals surface area contributed by atoms with E-state index in [0.29, 0.717) is 10.9 Å². The second-order valence-corrected chi connectivity index (χ2v) is 5.85. The summed E-state index contributed by atoms with van der Waals surface area (Å²) < 4.78 is 25.8. The Morgan fingerprint density at radius 1 is 1.47 bits per heavy atom. The molecular weight excluding hydrogens is 312 g/mol. The van der Waals surface area contributed by atoms with Gasteiger partial charge in [0.25, 0.3) is 5.69 Å².